The Morgan fingerprint density at radius 2 is 1.89 bits per heavy atom. The second-order valence-electron chi connectivity index (χ2n) is 6.95. The van der Waals surface area contributed by atoms with Crippen LogP contribution in [0.1, 0.15) is 19.8 Å². The predicted octanol–water partition coefficient (Wildman–Crippen LogP) is 3.72. The number of hydrogen-bond acceptors (Lipinski definition) is 3. The molecule has 1 aromatic carbocycles. The molecule has 6 nitrogen and oxygen atoms in total. The van der Waals surface area contributed by atoms with E-state index in [1.807, 2.05) is 6.92 Å². The quantitative estimate of drug-likeness (QED) is 0.728. The molecule has 0 unspecified atom stereocenters. The molecule has 2 aromatic rings. The molecule has 0 bridgehead atoms. The summed E-state index contributed by atoms with van der Waals surface area (Å²) in [5, 5.41) is 0.733. The van der Waals surface area contributed by atoms with Crippen molar-refractivity contribution in [1.82, 2.24) is 9.36 Å². The van der Waals surface area contributed by atoms with Crippen LogP contribution in [-0.2, 0) is 17.9 Å². The van der Waals surface area contributed by atoms with Crippen molar-refractivity contribution in [2.45, 2.75) is 32.9 Å². The number of benzene rings is 1. The molecule has 0 radical (unpaired) electrons. The van der Waals surface area contributed by atoms with E-state index in [-0.39, 0.29) is 18.1 Å². The molecule has 142 valence electrons. The summed E-state index contributed by atoms with van der Waals surface area (Å²) in [6, 6.07) is 3.36. The van der Waals surface area contributed by atoms with Gasteiger partial charge in [0.15, 0.2) is 6.61 Å². The lowest BCUT2D eigenvalue weighted by molar-refractivity contribution is -0.121. The number of nitrogens with zero attached hydrogens (tertiary/aromatic N) is 3. The number of carbonyl (C=O) groups is 1. The zero-order valence-corrected chi connectivity index (χ0v) is 16.4. The maximum atomic E-state index is 13.0. The molecule has 2 aliphatic rings. The van der Waals surface area contributed by atoms with Crippen molar-refractivity contribution in [3.05, 3.63) is 44.8 Å². The second kappa shape index (κ2) is 6.77. The van der Waals surface area contributed by atoms with Crippen LogP contribution in [-0.4, -0.2) is 28.4 Å². The highest BCUT2D eigenvalue weighted by Gasteiger charge is 2.30. The number of anilines is 1. The van der Waals surface area contributed by atoms with Crippen LogP contribution >= 0.6 is 23.2 Å². The molecule has 4 rings (SSSR count). The SMILES string of the molecule is C=C(C)CN1C(=O)COc2cc(Cl)c(-c3c(Cl)n4n(c3=O)CCCC4)cc21. The van der Waals surface area contributed by atoms with Crippen molar-refractivity contribution < 1.29 is 9.53 Å². The number of amides is 1. The summed E-state index contributed by atoms with van der Waals surface area (Å²) in [6.45, 7) is 7.38. The van der Waals surface area contributed by atoms with Crippen molar-refractivity contribution in [3.8, 4) is 16.9 Å². The molecule has 0 spiro atoms. The Hall–Kier alpha value is -2.18. The molecule has 0 saturated heterocycles. The molecular weight excluding hydrogens is 389 g/mol. The van der Waals surface area contributed by atoms with Gasteiger partial charge in [-0.15, -0.1) is 0 Å². The van der Waals surface area contributed by atoms with E-state index in [4.69, 9.17) is 27.9 Å². The van der Waals surface area contributed by atoms with Crippen LogP contribution in [0.25, 0.3) is 11.1 Å². The van der Waals surface area contributed by atoms with Crippen LogP contribution in [0.4, 0.5) is 5.69 Å². The average Bonchev–Trinajstić information content (AvgIpc) is 2.88. The van der Waals surface area contributed by atoms with Crippen LogP contribution in [0.2, 0.25) is 10.2 Å². The summed E-state index contributed by atoms with van der Waals surface area (Å²) >= 11 is 13.0. The van der Waals surface area contributed by atoms with Crippen LogP contribution in [0, 0.1) is 0 Å². The molecule has 3 heterocycles. The zero-order valence-electron chi connectivity index (χ0n) is 14.9. The van der Waals surface area contributed by atoms with Crippen LogP contribution in [0.5, 0.6) is 5.75 Å². The fraction of sp³-hybridized carbons (Fsp3) is 0.368. The van der Waals surface area contributed by atoms with E-state index in [1.165, 1.54) is 0 Å². The Balaban J connectivity index is 1.90. The molecule has 27 heavy (non-hydrogen) atoms. The summed E-state index contributed by atoms with van der Waals surface area (Å²) in [4.78, 5) is 26.9. The smallest absolute Gasteiger partial charge is 0.276 e. The first-order valence-corrected chi connectivity index (χ1v) is 9.54. The molecular formula is C19H19Cl2N3O3. The third kappa shape index (κ3) is 2.97. The summed E-state index contributed by atoms with van der Waals surface area (Å²) in [5.41, 5.74) is 2.10. The first kappa shape index (κ1) is 18.2. The number of halogens is 2. The topological polar surface area (TPSA) is 56.5 Å². The number of fused-ring (bicyclic) bond motifs is 2. The maximum absolute atomic E-state index is 13.0. The lowest BCUT2D eigenvalue weighted by atomic mass is 10.1. The first-order chi connectivity index (χ1) is 12.9. The van der Waals surface area contributed by atoms with Gasteiger partial charge in [0, 0.05) is 31.3 Å². The van der Waals surface area contributed by atoms with Gasteiger partial charge in [0.25, 0.3) is 11.5 Å². The van der Waals surface area contributed by atoms with E-state index >= 15 is 0 Å². The summed E-state index contributed by atoms with van der Waals surface area (Å²) in [6.07, 6.45) is 1.91. The zero-order chi connectivity index (χ0) is 19.3. The number of hydrogen-bond donors (Lipinski definition) is 0. The van der Waals surface area contributed by atoms with Gasteiger partial charge in [0.2, 0.25) is 0 Å². The number of aromatic nitrogens is 2. The molecule has 0 aliphatic carbocycles. The van der Waals surface area contributed by atoms with E-state index in [2.05, 4.69) is 6.58 Å². The van der Waals surface area contributed by atoms with Crippen LogP contribution in [0.3, 0.4) is 0 Å². The monoisotopic (exact) mass is 407 g/mol. The minimum absolute atomic E-state index is 0.0557. The van der Waals surface area contributed by atoms with E-state index in [9.17, 15) is 9.59 Å². The fourth-order valence-electron chi connectivity index (χ4n) is 3.61. The van der Waals surface area contributed by atoms with Crippen molar-refractivity contribution in [2.75, 3.05) is 18.1 Å². The Morgan fingerprint density at radius 3 is 2.56 bits per heavy atom. The molecule has 2 aliphatic heterocycles. The Labute approximate surface area is 166 Å². The van der Waals surface area contributed by atoms with E-state index in [0.29, 0.717) is 52.4 Å². The molecule has 0 fully saturated rings. The van der Waals surface area contributed by atoms with Crippen LogP contribution < -0.4 is 15.2 Å². The third-order valence-electron chi connectivity index (χ3n) is 4.85. The Bertz CT molecular complexity index is 1020. The average molecular weight is 408 g/mol. The van der Waals surface area contributed by atoms with Gasteiger partial charge in [0.05, 0.1) is 16.3 Å². The second-order valence-corrected chi connectivity index (χ2v) is 7.72. The summed E-state index contributed by atoms with van der Waals surface area (Å²) < 4.78 is 8.99. The predicted molar refractivity (Wildman–Crippen MR) is 106 cm³/mol. The highest BCUT2D eigenvalue weighted by molar-refractivity contribution is 6.36. The van der Waals surface area contributed by atoms with Gasteiger partial charge < -0.3 is 9.64 Å². The Kier molecular flexibility index (Phi) is 4.56. The molecule has 8 heteroatoms. The van der Waals surface area contributed by atoms with Gasteiger partial charge in [-0.3, -0.25) is 14.3 Å². The number of rotatable bonds is 3. The van der Waals surface area contributed by atoms with Crippen molar-refractivity contribution in [2.24, 2.45) is 0 Å². The fourth-order valence-corrected chi connectivity index (χ4v) is 4.22. The summed E-state index contributed by atoms with van der Waals surface area (Å²) in [7, 11) is 0. The van der Waals surface area contributed by atoms with Gasteiger partial charge in [0.1, 0.15) is 10.9 Å². The van der Waals surface area contributed by atoms with E-state index in [0.717, 1.165) is 18.4 Å². The van der Waals surface area contributed by atoms with Crippen LogP contribution in [0.15, 0.2) is 29.1 Å². The Morgan fingerprint density at radius 1 is 1.19 bits per heavy atom. The standard InChI is InChI=1S/C19H19Cl2N3O3/c1-11(2)9-22-14-7-12(13(20)8-15(14)27-10-16(22)25)17-18(21)23-5-3-4-6-24(23)19(17)26/h7-8H,1,3-6,9-10H2,2H3. The normalized spacial score (nSPS) is 16.0. The third-order valence-corrected chi connectivity index (χ3v) is 5.55. The highest BCUT2D eigenvalue weighted by Crippen LogP contribution is 2.42. The first-order valence-electron chi connectivity index (χ1n) is 8.79. The number of carbonyl (C=O) groups excluding carboxylic acids is 1. The summed E-state index contributed by atoms with van der Waals surface area (Å²) in [5.74, 6) is 0.336. The molecule has 1 amide bonds. The highest BCUT2D eigenvalue weighted by atomic mass is 35.5. The maximum Gasteiger partial charge on any atom is 0.276 e. The van der Waals surface area contributed by atoms with Gasteiger partial charge in [-0.1, -0.05) is 35.4 Å². The molecule has 0 atom stereocenters. The van der Waals surface area contributed by atoms with E-state index in [1.54, 1.807) is 26.4 Å². The van der Waals surface area contributed by atoms with Crippen molar-refractivity contribution in [1.29, 1.82) is 0 Å². The largest absolute Gasteiger partial charge is 0.482 e. The lowest BCUT2D eigenvalue weighted by Crippen LogP contribution is -2.39. The lowest BCUT2D eigenvalue weighted by Gasteiger charge is -2.30. The van der Waals surface area contributed by atoms with Gasteiger partial charge >= 0.3 is 0 Å². The minimum Gasteiger partial charge on any atom is -0.482 e. The van der Waals surface area contributed by atoms with Gasteiger partial charge in [-0.2, -0.15) is 0 Å². The molecule has 0 saturated carbocycles. The van der Waals surface area contributed by atoms with Crippen molar-refractivity contribution >= 4 is 34.8 Å². The molecule has 0 N–H and O–H groups in total. The van der Waals surface area contributed by atoms with Crippen molar-refractivity contribution in [3.63, 3.8) is 0 Å². The number of ether oxygens (including phenoxy) is 1. The van der Waals surface area contributed by atoms with Gasteiger partial charge in [-0.25, -0.2) is 4.68 Å². The molecule has 1 aromatic heterocycles. The van der Waals surface area contributed by atoms with Gasteiger partial charge in [-0.05, 0) is 25.8 Å². The minimum atomic E-state index is -0.170. The van der Waals surface area contributed by atoms with E-state index < -0.39 is 0 Å².